The molecule has 1 fully saturated rings. The summed E-state index contributed by atoms with van der Waals surface area (Å²) < 4.78 is 5.78. The Balaban J connectivity index is 1.50. The molecule has 4 rings (SSSR count). The number of aryl methyl sites for hydroxylation is 1. The zero-order valence-electron chi connectivity index (χ0n) is 14.6. The number of ether oxygens (including phenoxy) is 1. The number of thiophene rings is 1. The Morgan fingerprint density at radius 3 is 3.12 bits per heavy atom. The zero-order valence-corrected chi connectivity index (χ0v) is 15.5. The van der Waals surface area contributed by atoms with Gasteiger partial charge in [0.15, 0.2) is 6.10 Å². The summed E-state index contributed by atoms with van der Waals surface area (Å²) in [6.07, 6.45) is 0.394. The predicted octanol–water partition coefficient (Wildman–Crippen LogP) is 2.11. The lowest BCUT2D eigenvalue weighted by Gasteiger charge is -2.37. The number of carbonyl (C=O) groups excluding carboxylic acids is 1. The predicted molar refractivity (Wildman–Crippen MR) is 99.1 cm³/mol. The second-order valence-corrected chi connectivity index (χ2v) is 7.62. The number of anilines is 1. The second kappa shape index (κ2) is 7.06. The molecule has 2 aromatic heterocycles. The van der Waals surface area contributed by atoms with Crippen LogP contribution in [0.25, 0.3) is 0 Å². The van der Waals surface area contributed by atoms with Crippen molar-refractivity contribution in [2.75, 3.05) is 31.1 Å². The van der Waals surface area contributed by atoms with Crippen molar-refractivity contribution in [3.8, 4) is 6.07 Å². The third-order valence-corrected chi connectivity index (χ3v) is 5.92. The van der Waals surface area contributed by atoms with Gasteiger partial charge in [-0.1, -0.05) is 0 Å². The molecule has 1 unspecified atom stereocenters. The molecule has 1 atom stereocenters. The first kappa shape index (κ1) is 17.0. The number of nitriles is 1. The monoisotopic (exact) mass is 368 g/mol. The number of nitrogens with zero attached hydrogens (tertiary/aromatic N) is 4. The molecular formula is C19H20N4O2S. The number of fused-ring (bicyclic) bond motifs is 1. The standard InChI is InChI=1S/C19H20N4O2S/c1-13-2-3-14(10-20)18(21-13)22-7-8-25-16(12-22)19(24)23-6-4-17-15(11-23)5-9-26-17/h2-3,5,9,16H,4,6-8,11-12H2,1H3. The minimum absolute atomic E-state index is 0.0257. The summed E-state index contributed by atoms with van der Waals surface area (Å²) in [6, 6.07) is 7.91. The van der Waals surface area contributed by atoms with Crippen LogP contribution in [0.3, 0.4) is 0 Å². The molecule has 7 heteroatoms. The quantitative estimate of drug-likeness (QED) is 0.812. The lowest BCUT2D eigenvalue weighted by molar-refractivity contribution is -0.145. The highest BCUT2D eigenvalue weighted by molar-refractivity contribution is 7.10. The van der Waals surface area contributed by atoms with Crippen molar-refractivity contribution in [2.24, 2.45) is 0 Å². The minimum atomic E-state index is -0.516. The first-order valence-electron chi connectivity index (χ1n) is 8.74. The molecule has 0 radical (unpaired) electrons. The number of morpholine rings is 1. The van der Waals surface area contributed by atoms with Crippen molar-refractivity contribution in [2.45, 2.75) is 26.0 Å². The SMILES string of the molecule is Cc1ccc(C#N)c(N2CCOC(C(=O)N3CCc4sccc4C3)C2)n1. The molecule has 0 spiro atoms. The van der Waals surface area contributed by atoms with Crippen LogP contribution in [0.2, 0.25) is 0 Å². The Kier molecular flexibility index (Phi) is 4.62. The lowest BCUT2D eigenvalue weighted by atomic mass is 10.1. The van der Waals surface area contributed by atoms with E-state index in [0.717, 1.165) is 18.7 Å². The summed E-state index contributed by atoms with van der Waals surface area (Å²) in [6.45, 7) is 4.80. The molecule has 6 nitrogen and oxygen atoms in total. The maximum atomic E-state index is 13.0. The summed E-state index contributed by atoms with van der Waals surface area (Å²) in [5.41, 5.74) is 2.63. The normalized spacial score (nSPS) is 19.8. The molecule has 0 aliphatic carbocycles. The van der Waals surface area contributed by atoms with Crippen molar-refractivity contribution in [1.29, 1.82) is 5.26 Å². The Morgan fingerprint density at radius 2 is 2.27 bits per heavy atom. The van der Waals surface area contributed by atoms with E-state index >= 15 is 0 Å². The number of hydrogen-bond donors (Lipinski definition) is 0. The smallest absolute Gasteiger partial charge is 0.253 e. The molecule has 0 N–H and O–H groups in total. The van der Waals surface area contributed by atoms with Crippen LogP contribution in [0.5, 0.6) is 0 Å². The number of aromatic nitrogens is 1. The summed E-state index contributed by atoms with van der Waals surface area (Å²) in [4.78, 5) is 22.8. The van der Waals surface area contributed by atoms with Gasteiger partial charge in [-0.15, -0.1) is 11.3 Å². The van der Waals surface area contributed by atoms with Gasteiger partial charge in [0, 0.05) is 30.2 Å². The van der Waals surface area contributed by atoms with Gasteiger partial charge in [-0.05, 0) is 42.5 Å². The van der Waals surface area contributed by atoms with Gasteiger partial charge in [-0.25, -0.2) is 4.98 Å². The van der Waals surface area contributed by atoms with Gasteiger partial charge < -0.3 is 14.5 Å². The van der Waals surface area contributed by atoms with Crippen LogP contribution in [-0.4, -0.2) is 48.1 Å². The first-order chi connectivity index (χ1) is 12.7. The van der Waals surface area contributed by atoms with Crippen LogP contribution in [0.1, 0.15) is 21.7 Å². The van der Waals surface area contributed by atoms with Gasteiger partial charge in [-0.2, -0.15) is 5.26 Å². The maximum absolute atomic E-state index is 13.0. The maximum Gasteiger partial charge on any atom is 0.253 e. The van der Waals surface area contributed by atoms with E-state index in [9.17, 15) is 10.1 Å². The summed E-state index contributed by atoms with van der Waals surface area (Å²) in [5.74, 6) is 0.671. The zero-order chi connectivity index (χ0) is 18.1. The lowest BCUT2D eigenvalue weighted by Crippen LogP contribution is -2.52. The third-order valence-electron chi connectivity index (χ3n) is 4.90. The summed E-state index contributed by atoms with van der Waals surface area (Å²) in [5, 5.41) is 11.5. The Labute approximate surface area is 156 Å². The fourth-order valence-corrected chi connectivity index (χ4v) is 4.39. The molecule has 0 aromatic carbocycles. The van der Waals surface area contributed by atoms with Gasteiger partial charge in [0.25, 0.3) is 5.91 Å². The second-order valence-electron chi connectivity index (χ2n) is 6.62. The number of amides is 1. The number of pyridine rings is 1. The van der Waals surface area contributed by atoms with Crippen LogP contribution in [0.15, 0.2) is 23.6 Å². The van der Waals surface area contributed by atoms with Crippen LogP contribution < -0.4 is 4.90 Å². The molecule has 134 valence electrons. The topological polar surface area (TPSA) is 69.5 Å². The number of carbonyl (C=O) groups is 1. The van der Waals surface area contributed by atoms with Crippen molar-refractivity contribution >= 4 is 23.1 Å². The highest BCUT2D eigenvalue weighted by Crippen LogP contribution is 2.26. The first-order valence-corrected chi connectivity index (χ1v) is 9.62. The van der Waals surface area contributed by atoms with Crippen LogP contribution >= 0.6 is 11.3 Å². The third kappa shape index (κ3) is 3.18. The molecule has 0 saturated carbocycles. The molecule has 4 heterocycles. The van der Waals surface area contributed by atoms with Gasteiger partial charge >= 0.3 is 0 Å². The van der Waals surface area contributed by atoms with E-state index in [4.69, 9.17) is 4.74 Å². The van der Waals surface area contributed by atoms with Gasteiger partial charge in [-0.3, -0.25) is 4.79 Å². The molecule has 1 saturated heterocycles. The van der Waals surface area contributed by atoms with Gasteiger partial charge in [0.1, 0.15) is 11.9 Å². The summed E-state index contributed by atoms with van der Waals surface area (Å²) in [7, 11) is 0. The van der Waals surface area contributed by atoms with Crippen LogP contribution in [-0.2, 0) is 22.5 Å². The van der Waals surface area contributed by atoms with E-state index < -0.39 is 6.10 Å². The molecule has 2 aliphatic heterocycles. The average molecular weight is 368 g/mol. The Bertz CT molecular complexity index is 873. The largest absolute Gasteiger partial charge is 0.365 e. The van der Waals surface area contributed by atoms with Crippen LogP contribution in [0.4, 0.5) is 5.82 Å². The fourth-order valence-electron chi connectivity index (χ4n) is 3.50. The highest BCUT2D eigenvalue weighted by atomic mass is 32.1. The van der Waals surface area contributed by atoms with E-state index in [1.807, 2.05) is 22.8 Å². The van der Waals surface area contributed by atoms with Gasteiger partial charge in [0.05, 0.1) is 18.7 Å². The fraction of sp³-hybridized carbons (Fsp3) is 0.421. The van der Waals surface area contributed by atoms with Crippen molar-refractivity contribution in [1.82, 2.24) is 9.88 Å². The van der Waals surface area contributed by atoms with E-state index in [0.29, 0.717) is 37.6 Å². The highest BCUT2D eigenvalue weighted by Gasteiger charge is 2.33. The van der Waals surface area contributed by atoms with E-state index in [1.165, 1.54) is 10.4 Å². The number of hydrogen-bond acceptors (Lipinski definition) is 6. The van der Waals surface area contributed by atoms with E-state index in [-0.39, 0.29) is 5.91 Å². The van der Waals surface area contributed by atoms with Crippen LogP contribution in [0, 0.1) is 18.3 Å². The molecule has 1 amide bonds. The Hall–Kier alpha value is -2.43. The van der Waals surface area contributed by atoms with E-state index in [1.54, 1.807) is 17.4 Å². The molecule has 26 heavy (non-hydrogen) atoms. The average Bonchev–Trinajstić information content (AvgIpc) is 3.15. The minimum Gasteiger partial charge on any atom is -0.365 e. The molecule has 0 bridgehead atoms. The van der Waals surface area contributed by atoms with Crippen molar-refractivity contribution in [3.05, 3.63) is 45.3 Å². The summed E-state index contributed by atoms with van der Waals surface area (Å²) >= 11 is 1.76. The van der Waals surface area contributed by atoms with E-state index in [2.05, 4.69) is 22.5 Å². The molecule has 2 aliphatic rings. The Morgan fingerprint density at radius 1 is 1.38 bits per heavy atom. The van der Waals surface area contributed by atoms with Gasteiger partial charge in [0.2, 0.25) is 0 Å². The number of rotatable bonds is 2. The molecule has 2 aromatic rings. The molecular weight excluding hydrogens is 348 g/mol. The van der Waals surface area contributed by atoms with Crippen molar-refractivity contribution in [3.63, 3.8) is 0 Å². The van der Waals surface area contributed by atoms with Crippen molar-refractivity contribution < 1.29 is 9.53 Å².